The number of aryl methyl sites for hydroxylation is 1. The molecule has 0 bridgehead atoms. The molecule has 16 heavy (non-hydrogen) atoms. The lowest BCUT2D eigenvalue weighted by atomic mass is 10.1. The lowest BCUT2D eigenvalue weighted by Crippen LogP contribution is -2.03. The van der Waals surface area contributed by atoms with E-state index < -0.39 is 0 Å². The topological polar surface area (TPSA) is 17.1 Å². The van der Waals surface area contributed by atoms with E-state index in [1.807, 2.05) is 24.3 Å². The maximum Gasteiger partial charge on any atom is 0.172 e. The molecule has 0 N–H and O–H groups in total. The van der Waals surface area contributed by atoms with Gasteiger partial charge < -0.3 is 0 Å². The van der Waals surface area contributed by atoms with Crippen molar-refractivity contribution in [2.75, 3.05) is 11.5 Å². The largest absolute Gasteiger partial charge is 0.293 e. The van der Waals surface area contributed by atoms with Gasteiger partial charge in [0.05, 0.1) is 5.75 Å². The van der Waals surface area contributed by atoms with Crippen molar-refractivity contribution in [1.82, 2.24) is 0 Å². The first-order chi connectivity index (χ1) is 7.77. The van der Waals surface area contributed by atoms with Crippen LogP contribution in [0.1, 0.15) is 42.6 Å². The highest BCUT2D eigenvalue weighted by Crippen LogP contribution is 2.11. The van der Waals surface area contributed by atoms with Crippen LogP contribution in [-0.4, -0.2) is 17.3 Å². The minimum absolute atomic E-state index is 0.253. The summed E-state index contributed by atoms with van der Waals surface area (Å²) >= 11 is 1.74. The Kier molecular flexibility index (Phi) is 6.24. The molecule has 1 nitrogen and oxygen atoms in total. The molecule has 0 atom stereocenters. The van der Waals surface area contributed by atoms with E-state index >= 15 is 0 Å². The van der Waals surface area contributed by atoms with Crippen LogP contribution in [0, 0.1) is 0 Å². The number of benzene rings is 1. The normalized spacial score (nSPS) is 10.4. The van der Waals surface area contributed by atoms with Gasteiger partial charge in [0.25, 0.3) is 0 Å². The van der Waals surface area contributed by atoms with Crippen LogP contribution in [0.4, 0.5) is 0 Å². The Balaban J connectivity index is 2.40. The van der Waals surface area contributed by atoms with E-state index in [0.717, 1.165) is 17.7 Å². The van der Waals surface area contributed by atoms with E-state index in [0.29, 0.717) is 5.75 Å². The molecule has 0 aliphatic heterocycles. The molecular formula is C14H20OS. The summed E-state index contributed by atoms with van der Waals surface area (Å²) in [7, 11) is 0. The molecule has 0 aromatic heterocycles. The van der Waals surface area contributed by atoms with Crippen LogP contribution in [0.3, 0.4) is 0 Å². The zero-order chi connectivity index (χ0) is 11.8. The fourth-order valence-electron chi connectivity index (χ4n) is 1.42. The fourth-order valence-corrected chi connectivity index (χ4v) is 2.41. The van der Waals surface area contributed by atoms with E-state index in [9.17, 15) is 4.79 Å². The number of ketones is 1. The minimum atomic E-state index is 0.253. The molecule has 0 fully saturated rings. The van der Waals surface area contributed by atoms with Gasteiger partial charge in [0.1, 0.15) is 0 Å². The van der Waals surface area contributed by atoms with Crippen molar-refractivity contribution in [3.63, 3.8) is 0 Å². The summed E-state index contributed by atoms with van der Waals surface area (Å²) in [6.45, 7) is 4.29. The van der Waals surface area contributed by atoms with Crippen LogP contribution < -0.4 is 0 Å². The van der Waals surface area contributed by atoms with Gasteiger partial charge in [0.15, 0.2) is 5.78 Å². The molecule has 0 aliphatic rings. The van der Waals surface area contributed by atoms with Crippen molar-refractivity contribution in [1.29, 1.82) is 0 Å². The van der Waals surface area contributed by atoms with Gasteiger partial charge in [-0.3, -0.25) is 4.79 Å². The number of unbranched alkanes of at least 4 members (excludes halogenated alkanes) is 1. The standard InChI is InChI=1S/C14H20OS/c1-3-5-10-16-11-14(15)13-8-6-12(4-2)7-9-13/h6-9H,3-5,10-11H2,1-2H3. The Morgan fingerprint density at radius 2 is 1.88 bits per heavy atom. The first-order valence-corrected chi connectivity index (χ1v) is 7.13. The van der Waals surface area contributed by atoms with Gasteiger partial charge in [-0.15, -0.1) is 0 Å². The van der Waals surface area contributed by atoms with Gasteiger partial charge in [0, 0.05) is 5.56 Å². The van der Waals surface area contributed by atoms with Crippen LogP contribution in [0.15, 0.2) is 24.3 Å². The SMILES string of the molecule is CCCCSCC(=O)c1ccc(CC)cc1. The van der Waals surface area contributed by atoms with Gasteiger partial charge in [0.2, 0.25) is 0 Å². The van der Waals surface area contributed by atoms with Gasteiger partial charge >= 0.3 is 0 Å². The van der Waals surface area contributed by atoms with Crippen LogP contribution >= 0.6 is 11.8 Å². The molecule has 0 radical (unpaired) electrons. The second-order valence-corrected chi connectivity index (χ2v) is 4.98. The molecular weight excluding hydrogens is 216 g/mol. The minimum Gasteiger partial charge on any atom is -0.293 e. The predicted molar refractivity (Wildman–Crippen MR) is 72.4 cm³/mol. The van der Waals surface area contributed by atoms with E-state index in [1.165, 1.54) is 18.4 Å². The molecule has 0 heterocycles. The Morgan fingerprint density at radius 1 is 1.19 bits per heavy atom. The first-order valence-electron chi connectivity index (χ1n) is 5.97. The third-order valence-corrected chi connectivity index (χ3v) is 3.60. The van der Waals surface area contributed by atoms with E-state index in [1.54, 1.807) is 11.8 Å². The summed E-state index contributed by atoms with van der Waals surface area (Å²) in [5.74, 6) is 1.96. The van der Waals surface area contributed by atoms with E-state index in [4.69, 9.17) is 0 Å². The molecule has 0 spiro atoms. The second kappa shape index (κ2) is 7.50. The fraction of sp³-hybridized carbons (Fsp3) is 0.500. The number of hydrogen-bond acceptors (Lipinski definition) is 2. The van der Waals surface area contributed by atoms with Crippen LogP contribution in [-0.2, 0) is 6.42 Å². The molecule has 0 saturated carbocycles. The van der Waals surface area contributed by atoms with Crippen molar-refractivity contribution >= 4 is 17.5 Å². The van der Waals surface area contributed by atoms with Crippen LogP contribution in [0.5, 0.6) is 0 Å². The molecule has 0 amide bonds. The first kappa shape index (κ1) is 13.3. The Bertz CT molecular complexity index is 316. The second-order valence-electron chi connectivity index (χ2n) is 3.88. The zero-order valence-electron chi connectivity index (χ0n) is 10.2. The smallest absolute Gasteiger partial charge is 0.172 e. The lowest BCUT2D eigenvalue weighted by molar-refractivity contribution is 0.102. The van der Waals surface area contributed by atoms with E-state index in [2.05, 4.69) is 13.8 Å². The molecule has 1 rings (SSSR count). The van der Waals surface area contributed by atoms with Gasteiger partial charge in [-0.05, 0) is 24.2 Å². The number of thioether (sulfide) groups is 1. The summed E-state index contributed by atoms with van der Waals surface area (Å²) < 4.78 is 0. The number of Topliss-reactive ketones (excluding diaryl/α,β-unsaturated/α-hetero) is 1. The van der Waals surface area contributed by atoms with Crippen molar-refractivity contribution in [2.24, 2.45) is 0 Å². The molecule has 1 aromatic carbocycles. The average molecular weight is 236 g/mol. The highest BCUT2D eigenvalue weighted by molar-refractivity contribution is 7.99. The third kappa shape index (κ3) is 4.40. The molecule has 0 unspecified atom stereocenters. The molecule has 0 saturated heterocycles. The molecule has 1 aromatic rings. The van der Waals surface area contributed by atoms with Crippen molar-refractivity contribution < 1.29 is 4.79 Å². The van der Waals surface area contributed by atoms with E-state index in [-0.39, 0.29) is 5.78 Å². The Labute approximate surface area is 103 Å². The summed E-state index contributed by atoms with van der Waals surface area (Å²) in [5.41, 5.74) is 2.14. The summed E-state index contributed by atoms with van der Waals surface area (Å²) in [5, 5.41) is 0. The molecule has 2 heteroatoms. The summed E-state index contributed by atoms with van der Waals surface area (Å²) in [6.07, 6.45) is 3.43. The average Bonchev–Trinajstić information content (AvgIpc) is 2.34. The maximum absolute atomic E-state index is 11.8. The predicted octanol–water partition coefficient (Wildman–Crippen LogP) is 3.97. The van der Waals surface area contributed by atoms with Crippen molar-refractivity contribution in [3.05, 3.63) is 35.4 Å². The van der Waals surface area contributed by atoms with Gasteiger partial charge in [-0.1, -0.05) is 44.5 Å². The molecule has 88 valence electrons. The summed E-state index contributed by atoms with van der Waals surface area (Å²) in [4.78, 5) is 11.8. The summed E-state index contributed by atoms with van der Waals surface area (Å²) in [6, 6.07) is 7.98. The van der Waals surface area contributed by atoms with Gasteiger partial charge in [-0.2, -0.15) is 11.8 Å². The highest BCUT2D eigenvalue weighted by atomic mass is 32.2. The number of rotatable bonds is 7. The number of carbonyl (C=O) groups is 1. The van der Waals surface area contributed by atoms with Crippen molar-refractivity contribution in [2.45, 2.75) is 33.1 Å². The lowest BCUT2D eigenvalue weighted by Gasteiger charge is -2.02. The third-order valence-electron chi connectivity index (χ3n) is 2.56. The maximum atomic E-state index is 11.8. The quantitative estimate of drug-likeness (QED) is 0.526. The monoisotopic (exact) mass is 236 g/mol. The van der Waals surface area contributed by atoms with Crippen LogP contribution in [0.25, 0.3) is 0 Å². The zero-order valence-corrected chi connectivity index (χ0v) is 11.0. The highest BCUT2D eigenvalue weighted by Gasteiger charge is 2.04. The Hall–Kier alpha value is -0.760. The number of hydrogen-bond donors (Lipinski definition) is 0. The van der Waals surface area contributed by atoms with Gasteiger partial charge in [-0.25, -0.2) is 0 Å². The molecule has 0 aliphatic carbocycles. The number of carbonyl (C=O) groups excluding carboxylic acids is 1. The van der Waals surface area contributed by atoms with Crippen LogP contribution in [0.2, 0.25) is 0 Å². The van der Waals surface area contributed by atoms with Crippen molar-refractivity contribution in [3.8, 4) is 0 Å². The Morgan fingerprint density at radius 3 is 2.44 bits per heavy atom.